The number of carbonyl (C=O) groups excluding carboxylic acids is 3. The van der Waals surface area contributed by atoms with Gasteiger partial charge in [-0.05, 0) is 64.7 Å². The third-order valence-corrected chi connectivity index (χ3v) is 6.56. The number of carbonyl (C=O) groups is 3. The molecule has 2 saturated carbocycles. The van der Waals surface area contributed by atoms with Gasteiger partial charge in [-0.1, -0.05) is 0 Å². The van der Waals surface area contributed by atoms with E-state index in [4.69, 9.17) is 9.47 Å². The first-order chi connectivity index (χ1) is 12.7. The predicted octanol–water partition coefficient (Wildman–Crippen LogP) is 2.04. The molecule has 0 aromatic carbocycles. The summed E-state index contributed by atoms with van der Waals surface area (Å²) in [6, 6.07) is 0. The topological polar surface area (TPSA) is 76.2 Å². The van der Waals surface area contributed by atoms with E-state index in [1.54, 1.807) is 16.7 Å². The van der Waals surface area contributed by atoms with Crippen molar-refractivity contribution in [2.75, 3.05) is 26.2 Å². The van der Waals surface area contributed by atoms with Crippen LogP contribution in [0.15, 0.2) is 0 Å². The van der Waals surface area contributed by atoms with E-state index in [9.17, 15) is 14.4 Å². The van der Waals surface area contributed by atoms with Gasteiger partial charge in [0.25, 0.3) is 0 Å². The fourth-order valence-electron chi connectivity index (χ4n) is 5.30. The Morgan fingerprint density at radius 1 is 1.11 bits per heavy atom. The number of likely N-dealkylation sites (tertiary alicyclic amines) is 1. The van der Waals surface area contributed by atoms with E-state index >= 15 is 0 Å². The molecule has 0 radical (unpaired) electrons. The predicted molar refractivity (Wildman–Crippen MR) is 96.7 cm³/mol. The van der Waals surface area contributed by atoms with Gasteiger partial charge in [0.05, 0.1) is 6.61 Å². The lowest BCUT2D eigenvalue weighted by Crippen LogP contribution is -2.56. The molecule has 7 heteroatoms. The van der Waals surface area contributed by atoms with Gasteiger partial charge in [0.15, 0.2) is 0 Å². The monoisotopic (exact) mass is 378 g/mol. The van der Waals surface area contributed by atoms with E-state index in [1.165, 1.54) is 0 Å². The highest BCUT2D eigenvalue weighted by atomic mass is 16.6. The van der Waals surface area contributed by atoms with Crippen LogP contribution in [0, 0.1) is 23.7 Å². The molecule has 2 aliphatic carbocycles. The van der Waals surface area contributed by atoms with Crippen molar-refractivity contribution in [1.29, 1.82) is 0 Å². The lowest BCUT2D eigenvalue weighted by atomic mass is 9.73. The number of nitrogens with zero attached hydrogens (tertiary/aromatic N) is 2. The number of hydrogen-bond donors (Lipinski definition) is 0. The highest BCUT2D eigenvalue weighted by molar-refractivity contribution is 5.93. The van der Waals surface area contributed by atoms with E-state index in [2.05, 4.69) is 0 Å². The zero-order chi connectivity index (χ0) is 19.6. The maximum absolute atomic E-state index is 13.2. The summed E-state index contributed by atoms with van der Waals surface area (Å²) >= 11 is 0. The van der Waals surface area contributed by atoms with Crippen LogP contribution in [-0.2, 0) is 19.1 Å². The van der Waals surface area contributed by atoms with Crippen molar-refractivity contribution in [3.8, 4) is 0 Å². The van der Waals surface area contributed by atoms with Crippen molar-refractivity contribution in [3.05, 3.63) is 0 Å². The van der Waals surface area contributed by atoms with Gasteiger partial charge in [0.2, 0.25) is 5.91 Å². The molecule has 2 amide bonds. The van der Waals surface area contributed by atoms with E-state index < -0.39 is 11.1 Å². The Kier molecular flexibility index (Phi) is 4.20. The van der Waals surface area contributed by atoms with Gasteiger partial charge in [-0.2, -0.15) is 0 Å². The molecule has 3 atom stereocenters. The number of ether oxygens (including phenoxy) is 2. The zero-order valence-corrected chi connectivity index (χ0v) is 16.7. The first kappa shape index (κ1) is 18.6. The SMILES string of the molecule is CCOC(=O)C12CC(CN1C(=O)C1[C@H]3CN(C(=O)OC(C)(C)C)CC[C@@H]13)C2. The minimum atomic E-state index is -0.714. The Balaban J connectivity index is 1.39. The smallest absolute Gasteiger partial charge is 0.410 e. The summed E-state index contributed by atoms with van der Waals surface area (Å²) in [5.41, 5.74) is -1.23. The fraction of sp³-hybridized carbons (Fsp3) is 0.850. The molecule has 3 heterocycles. The Labute approximate surface area is 160 Å². The molecular weight excluding hydrogens is 348 g/mol. The van der Waals surface area contributed by atoms with Crippen LogP contribution in [0.25, 0.3) is 0 Å². The fourth-order valence-corrected chi connectivity index (χ4v) is 5.30. The number of fused-ring (bicyclic) bond motifs is 2. The minimum absolute atomic E-state index is 0.0666. The summed E-state index contributed by atoms with van der Waals surface area (Å²) in [5, 5.41) is 0. The van der Waals surface area contributed by atoms with Gasteiger partial charge in [-0.3, -0.25) is 4.79 Å². The Bertz CT molecular complexity index is 664. The van der Waals surface area contributed by atoms with Gasteiger partial charge in [0.1, 0.15) is 11.1 Å². The van der Waals surface area contributed by atoms with Crippen LogP contribution in [0.3, 0.4) is 0 Å². The Hall–Kier alpha value is -1.79. The van der Waals surface area contributed by atoms with Crippen LogP contribution < -0.4 is 0 Å². The normalized spacial score (nSPS) is 36.6. The van der Waals surface area contributed by atoms with Gasteiger partial charge in [-0.15, -0.1) is 0 Å². The van der Waals surface area contributed by atoms with Gasteiger partial charge < -0.3 is 19.3 Å². The van der Waals surface area contributed by atoms with Gasteiger partial charge in [0, 0.05) is 25.6 Å². The van der Waals surface area contributed by atoms with Crippen LogP contribution in [0.2, 0.25) is 0 Å². The van der Waals surface area contributed by atoms with Crippen molar-refractivity contribution < 1.29 is 23.9 Å². The van der Waals surface area contributed by atoms with E-state index in [0.29, 0.717) is 38.1 Å². The second-order valence-electron chi connectivity index (χ2n) is 9.54. The molecule has 2 bridgehead atoms. The van der Waals surface area contributed by atoms with Crippen molar-refractivity contribution in [2.45, 2.75) is 58.1 Å². The average Bonchev–Trinajstić information content (AvgIpc) is 2.94. The Morgan fingerprint density at radius 2 is 1.81 bits per heavy atom. The van der Waals surface area contributed by atoms with Crippen LogP contribution in [0.1, 0.15) is 47.0 Å². The number of rotatable bonds is 3. The van der Waals surface area contributed by atoms with Crippen molar-refractivity contribution in [3.63, 3.8) is 0 Å². The van der Waals surface area contributed by atoms with Crippen molar-refractivity contribution in [2.24, 2.45) is 23.7 Å². The molecule has 5 aliphatic rings. The van der Waals surface area contributed by atoms with Gasteiger partial charge in [-0.25, -0.2) is 9.59 Å². The second-order valence-corrected chi connectivity index (χ2v) is 9.54. The minimum Gasteiger partial charge on any atom is -0.464 e. The highest BCUT2D eigenvalue weighted by Crippen LogP contribution is 2.57. The Morgan fingerprint density at radius 3 is 2.44 bits per heavy atom. The van der Waals surface area contributed by atoms with E-state index in [0.717, 1.165) is 19.3 Å². The second kappa shape index (κ2) is 6.11. The number of piperidine rings is 1. The maximum Gasteiger partial charge on any atom is 0.410 e. The number of esters is 1. The van der Waals surface area contributed by atoms with Crippen molar-refractivity contribution >= 4 is 18.0 Å². The number of amides is 2. The molecule has 1 unspecified atom stereocenters. The molecule has 0 aromatic rings. The molecule has 3 saturated heterocycles. The molecule has 150 valence electrons. The first-order valence-electron chi connectivity index (χ1n) is 10.1. The van der Waals surface area contributed by atoms with Crippen LogP contribution in [-0.4, -0.2) is 65.2 Å². The maximum atomic E-state index is 13.2. The quantitative estimate of drug-likeness (QED) is 0.703. The summed E-state index contributed by atoms with van der Waals surface area (Å²) < 4.78 is 10.7. The molecule has 0 N–H and O–H groups in total. The van der Waals surface area contributed by atoms with E-state index in [-0.39, 0.29) is 29.8 Å². The highest BCUT2D eigenvalue weighted by Gasteiger charge is 2.67. The molecule has 27 heavy (non-hydrogen) atoms. The lowest BCUT2D eigenvalue weighted by molar-refractivity contribution is -0.164. The lowest BCUT2D eigenvalue weighted by Gasteiger charge is -2.39. The zero-order valence-electron chi connectivity index (χ0n) is 16.7. The molecule has 0 spiro atoms. The third kappa shape index (κ3) is 2.99. The molecular formula is C20H30N2O5. The third-order valence-electron chi connectivity index (χ3n) is 6.56. The van der Waals surface area contributed by atoms with Crippen LogP contribution in [0.5, 0.6) is 0 Å². The molecule has 5 rings (SSSR count). The standard InChI is InChI=1S/C20H30N2O5/c1-5-26-17(24)20-8-12(9-20)10-22(20)16(23)15-13-6-7-21(11-14(13)15)18(25)27-19(2,3)4/h12-15H,5-11H2,1-4H3/t12?,13-,14+,15?,20?/m1/s1. The summed E-state index contributed by atoms with van der Waals surface area (Å²) in [6.45, 7) is 9.58. The molecule has 7 nitrogen and oxygen atoms in total. The molecule has 0 aromatic heterocycles. The van der Waals surface area contributed by atoms with Crippen molar-refractivity contribution in [1.82, 2.24) is 9.80 Å². The summed E-state index contributed by atoms with van der Waals surface area (Å²) in [5.74, 6) is 0.722. The largest absolute Gasteiger partial charge is 0.464 e. The van der Waals surface area contributed by atoms with E-state index in [1.807, 2.05) is 20.8 Å². The first-order valence-corrected chi connectivity index (χ1v) is 10.1. The number of hydrogen-bond acceptors (Lipinski definition) is 5. The summed E-state index contributed by atoms with van der Waals surface area (Å²) in [6.07, 6.45) is 2.00. The molecule has 5 fully saturated rings. The van der Waals surface area contributed by atoms with Crippen LogP contribution in [0.4, 0.5) is 4.79 Å². The van der Waals surface area contributed by atoms with Crippen LogP contribution >= 0.6 is 0 Å². The average molecular weight is 378 g/mol. The summed E-state index contributed by atoms with van der Waals surface area (Å²) in [4.78, 5) is 41.5. The molecule has 3 aliphatic heterocycles. The van der Waals surface area contributed by atoms with Gasteiger partial charge >= 0.3 is 12.1 Å². The summed E-state index contributed by atoms with van der Waals surface area (Å²) in [7, 11) is 0.